The largest absolute Gasteiger partial charge is 0.490 e. The van der Waals surface area contributed by atoms with Gasteiger partial charge in [0.15, 0.2) is 5.76 Å². The number of likely N-dealkylation sites (tertiary alicyclic amines) is 1. The highest BCUT2D eigenvalue weighted by molar-refractivity contribution is 7.19. The molecular formula is C28H30ClF3N4O4S. The summed E-state index contributed by atoms with van der Waals surface area (Å²) in [4.78, 5) is 25.7. The van der Waals surface area contributed by atoms with Gasteiger partial charge in [-0.05, 0) is 63.4 Å². The molecule has 5 rings (SSSR count). The van der Waals surface area contributed by atoms with E-state index in [4.69, 9.17) is 26.0 Å². The van der Waals surface area contributed by atoms with Crippen LogP contribution in [0.3, 0.4) is 0 Å². The van der Waals surface area contributed by atoms with E-state index in [2.05, 4.69) is 54.3 Å². The summed E-state index contributed by atoms with van der Waals surface area (Å²) in [5, 5.41) is 15.7. The van der Waals surface area contributed by atoms with E-state index >= 15 is 0 Å². The molecular weight excluding hydrogens is 581 g/mol. The third-order valence-corrected chi connectivity index (χ3v) is 8.07. The smallest absolute Gasteiger partial charge is 0.475 e. The molecule has 1 fully saturated rings. The lowest BCUT2D eigenvalue weighted by atomic mass is 10.0. The van der Waals surface area contributed by atoms with Gasteiger partial charge in [0, 0.05) is 42.1 Å². The number of fused-ring (bicyclic) bond motifs is 1. The van der Waals surface area contributed by atoms with E-state index in [0.717, 1.165) is 53.0 Å². The van der Waals surface area contributed by atoms with Gasteiger partial charge in [-0.2, -0.15) is 13.2 Å². The number of nitrogens with zero attached hydrogens (tertiary/aromatic N) is 3. The summed E-state index contributed by atoms with van der Waals surface area (Å²) in [7, 11) is 0. The number of carboxylic acid groups (broad SMARTS) is 1. The van der Waals surface area contributed by atoms with Gasteiger partial charge in [-0.3, -0.25) is 4.79 Å². The monoisotopic (exact) mass is 610 g/mol. The number of aryl methyl sites for hydroxylation is 1. The van der Waals surface area contributed by atoms with Crippen molar-refractivity contribution in [2.24, 2.45) is 0 Å². The number of carboxylic acids is 1. The van der Waals surface area contributed by atoms with Gasteiger partial charge in [-0.25, -0.2) is 4.79 Å². The van der Waals surface area contributed by atoms with Crippen molar-refractivity contribution >= 4 is 45.7 Å². The second kappa shape index (κ2) is 12.7. The molecule has 220 valence electrons. The fraction of sp³-hybridized carbons (Fsp3) is 0.393. The molecule has 0 spiro atoms. The number of benzene rings is 1. The molecule has 0 aliphatic carbocycles. The summed E-state index contributed by atoms with van der Waals surface area (Å²) in [6.45, 7) is 8.99. The van der Waals surface area contributed by atoms with E-state index in [-0.39, 0.29) is 11.9 Å². The van der Waals surface area contributed by atoms with Crippen molar-refractivity contribution in [1.82, 2.24) is 19.9 Å². The van der Waals surface area contributed by atoms with Crippen LogP contribution in [0.25, 0.3) is 21.5 Å². The Morgan fingerprint density at radius 2 is 1.85 bits per heavy atom. The summed E-state index contributed by atoms with van der Waals surface area (Å²) in [5.41, 5.74) is 3.57. The maximum atomic E-state index is 13.4. The first-order chi connectivity index (χ1) is 19.3. The fourth-order valence-corrected chi connectivity index (χ4v) is 5.65. The fourth-order valence-electron chi connectivity index (χ4n) is 4.65. The second-order valence-corrected chi connectivity index (χ2v) is 11.9. The molecule has 0 radical (unpaired) electrons. The van der Waals surface area contributed by atoms with Crippen LogP contribution in [-0.2, 0) is 11.3 Å². The Balaban J connectivity index is 0.000000493. The Labute approximate surface area is 243 Å². The number of alkyl halides is 3. The summed E-state index contributed by atoms with van der Waals surface area (Å²) in [6.07, 6.45) is -3.14. The van der Waals surface area contributed by atoms with E-state index in [1.807, 2.05) is 28.8 Å². The van der Waals surface area contributed by atoms with Gasteiger partial charge in [0.1, 0.15) is 11.4 Å². The van der Waals surface area contributed by atoms with Crippen LogP contribution >= 0.6 is 22.9 Å². The SMILES string of the molecule is Cc1ccc2cc(C(=O)NC3CCN(C(C)C)CC3)n(Cc3cc(-c4ccc(Cl)s4)on3)c2c1.O=C(O)C(F)(F)F. The molecule has 0 bridgehead atoms. The third-order valence-electron chi connectivity index (χ3n) is 6.83. The average Bonchev–Trinajstić information content (AvgIpc) is 3.63. The number of aliphatic carboxylic acids is 1. The van der Waals surface area contributed by atoms with Gasteiger partial charge in [0.2, 0.25) is 0 Å². The minimum absolute atomic E-state index is 0.0365. The van der Waals surface area contributed by atoms with Crippen molar-refractivity contribution in [1.29, 1.82) is 0 Å². The van der Waals surface area contributed by atoms with Gasteiger partial charge < -0.3 is 24.4 Å². The van der Waals surface area contributed by atoms with Crippen molar-refractivity contribution in [2.45, 2.75) is 58.4 Å². The Kier molecular flexibility index (Phi) is 9.45. The molecule has 8 nitrogen and oxygen atoms in total. The van der Waals surface area contributed by atoms with Crippen LogP contribution in [0.4, 0.5) is 13.2 Å². The Hall–Kier alpha value is -3.35. The van der Waals surface area contributed by atoms with Crippen LogP contribution in [0.5, 0.6) is 0 Å². The van der Waals surface area contributed by atoms with E-state index in [1.165, 1.54) is 11.3 Å². The lowest BCUT2D eigenvalue weighted by Crippen LogP contribution is -2.46. The first kappa shape index (κ1) is 30.6. The van der Waals surface area contributed by atoms with Crippen molar-refractivity contribution in [2.75, 3.05) is 13.1 Å². The Morgan fingerprint density at radius 1 is 1.17 bits per heavy atom. The zero-order valence-corrected chi connectivity index (χ0v) is 24.2. The van der Waals surface area contributed by atoms with Gasteiger partial charge in [0.25, 0.3) is 5.91 Å². The number of carbonyl (C=O) groups excluding carboxylic acids is 1. The van der Waals surface area contributed by atoms with Crippen molar-refractivity contribution < 1.29 is 32.4 Å². The maximum Gasteiger partial charge on any atom is 0.490 e. The number of halogens is 4. The summed E-state index contributed by atoms with van der Waals surface area (Å²) in [6, 6.07) is 14.7. The summed E-state index contributed by atoms with van der Waals surface area (Å²) >= 11 is 7.53. The van der Waals surface area contributed by atoms with Crippen molar-refractivity contribution in [3.8, 4) is 10.6 Å². The number of aromatic nitrogens is 2. The van der Waals surface area contributed by atoms with Gasteiger partial charge >= 0.3 is 12.1 Å². The van der Waals surface area contributed by atoms with E-state index < -0.39 is 12.1 Å². The highest BCUT2D eigenvalue weighted by Crippen LogP contribution is 2.32. The first-order valence-corrected chi connectivity index (χ1v) is 14.2. The van der Waals surface area contributed by atoms with Crippen LogP contribution < -0.4 is 5.32 Å². The lowest BCUT2D eigenvalue weighted by Gasteiger charge is -2.34. The van der Waals surface area contributed by atoms with Crippen LogP contribution in [-0.4, -0.2) is 63.0 Å². The van der Waals surface area contributed by atoms with Gasteiger partial charge in [-0.15, -0.1) is 11.3 Å². The molecule has 2 N–H and O–H groups in total. The minimum Gasteiger partial charge on any atom is -0.475 e. The van der Waals surface area contributed by atoms with Crippen LogP contribution in [0.1, 0.15) is 48.4 Å². The number of hydrogen-bond acceptors (Lipinski definition) is 6. The highest BCUT2D eigenvalue weighted by atomic mass is 35.5. The number of thiophene rings is 1. The number of nitrogens with one attached hydrogen (secondary N) is 1. The molecule has 1 aliphatic rings. The minimum atomic E-state index is -5.08. The van der Waals surface area contributed by atoms with E-state index in [1.54, 1.807) is 0 Å². The normalized spacial score (nSPS) is 14.7. The van der Waals surface area contributed by atoms with Crippen LogP contribution in [0, 0.1) is 6.92 Å². The molecule has 1 saturated heterocycles. The predicted octanol–water partition coefficient (Wildman–Crippen LogP) is 6.60. The Bertz CT molecular complexity index is 1520. The quantitative estimate of drug-likeness (QED) is 0.255. The number of rotatable bonds is 6. The lowest BCUT2D eigenvalue weighted by molar-refractivity contribution is -0.192. The second-order valence-electron chi connectivity index (χ2n) is 10.1. The summed E-state index contributed by atoms with van der Waals surface area (Å²) in [5.74, 6) is -2.11. The number of hydrogen-bond donors (Lipinski definition) is 2. The van der Waals surface area contributed by atoms with E-state index in [0.29, 0.717) is 28.4 Å². The molecule has 13 heteroatoms. The van der Waals surface area contributed by atoms with Gasteiger partial charge in [-0.1, -0.05) is 28.9 Å². The molecule has 41 heavy (non-hydrogen) atoms. The molecule has 1 aromatic carbocycles. The zero-order chi connectivity index (χ0) is 29.9. The van der Waals surface area contributed by atoms with Crippen LogP contribution in [0.15, 0.2) is 47.0 Å². The molecule has 3 aromatic heterocycles. The third kappa shape index (κ3) is 7.69. The summed E-state index contributed by atoms with van der Waals surface area (Å²) < 4.78 is 40.1. The van der Waals surface area contributed by atoms with Gasteiger partial charge in [0.05, 0.1) is 15.8 Å². The van der Waals surface area contributed by atoms with Crippen LogP contribution in [0.2, 0.25) is 4.34 Å². The Morgan fingerprint density at radius 3 is 2.44 bits per heavy atom. The van der Waals surface area contributed by atoms with E-state index in [9.17, 15) is 18.0 Å². The standard InChI is InChI=1S/C26H29ClN4O2S.C2HF3O2/c1-16(2)30-10-8-19(9-11-30)28-26(32)22-13-18-5-4-17(3)12-21(18)31(22)15-20-14-23(33-29-20)24-6-7-25(27)34-24;3-2(4,5)1(6)7/h4-7,12-14,16,19H,8-11,15H2,1-3H3,(H,28,32);(H,6,7). The first-order valence-electron chi connectivity index (χ1n) is 13.0. The highest BCUT2D eigenvalue weighted by Gasteiger charge is 2.38. The molecule has 4 aromatic rings. The zero-order valence-electron chi connectivity index (χ0n) is 22.7. The number of piperidine rings is 1. The predicted molar refractivity (Wildman–Crippen MR) is 151 cm³/mol. The molecule has 0 saturated carbocycles. The molecule has 0 atom stereocenters. The maximum absolute atomic E-state index is 13.4. The van der Waals surface area contributed by atoms with Crippen molar-refractivity contribution in [3.63, 3.8) is 0 Å². The molecule has 0 unspecified atom stereocenters. The van der Waals surface area contributed by atoms with Crippen molar-refractivity contribution in [3.05, 3.63) is 63.8 Å². The molecule has 4 heterocycles. The topological polar surface area (TPSA) is 101 Å². The average molecular weight is 611 g/mol. The number of amides is 1. The molecule has 1 amide bonds. The molecule has 1 aliphatic heterocycles. The number of carbonyl (C=O) groups is 2.